The lowest BCUT2D eigenvalue weighted by Crippen LogP contribution is -2.37. The number of anilines is 1. The van der Waals surface area contributed by atoms with Gasteiger partial charge in [0, 0.05) is 19.3 Å². The number of aromatic nitrogens is 2. The van der Waals surface area contributed by atoms with Crippen molar-refractivity contribution in [3.63, 3.8) is 0 Å². The van der Waals surface area contributed by atoms with Crippen molar-refractivity contribution in [2.45, 2.75) is 25.8 Å². The number of thiocarbonyl (C=S) groups is 1. The number of carbonyl (C=O) groups excluding carboxylic acids is 1. The zero-order valence-corrected chi connectivity index (χ0v) is 24.4. The maximum Gasteiger partial charge on any atom is 0.267 e. The summed E-state index contributed by atoms with van der Waals surface area (Å²) in [6.07, 6.45) is 6.44. The first-order valence-electron chi connectivity index (χ1n) is 14.0. The third-order valence-corrected chi connectivity index (χ3v) is 9.33. The molecule has 10 heteroatoms. The van der Waals surface area contributed by atoms with E-state index in [0.29, 0.717) is 50.2 Å². The Kier molecular flexibility index (Phi) is 7.17. The summed E-state index contributed by atoms with van der Waals surface area (Å²) in [7, 11) is 0. The fourth-order valence-corrected chi connectivity index (χ4v) is 6.98. The van der Waals surface area contributed by atoms with Crippen molar-refractivity contribution in [3.05, 3.63) is 105 Å². The third kappa shape index (κ3) is 5.16. The summed E-state index contributed by atoms with van der Waals surface area (Å²) in [4.78, 5) is 36.5. The van der Waals surface area contributed by atoms with Gasteiger partial charge in [-0.1, -0.05) is 66.4 Å². The molecule has 0 spiro atoms. The van der Waals surface area contributed by atoms with Crippen LogP contribution in [0.15, 0.2) is 82.6 Å². The molecular formula is C32H28N4O4S2. The number of thioether (sulfide) groups is 1. The van der Waals surface area contributed by atoms with E-state index in [4.69, 9.17) is 26.7 Å². The largest absolute Gasteiger partial charge is 0.454 e. The average Bonchev–Trinajstić information content (AvgIpc) is 3.59. The Labute approximate surface area is 252 Å². The number of pyridine rings is 1. The SMILES string of the molecule is O=C1/C(=C/c2c(N3CCC(Cc4ccccc4)CC3)nc3ccccn3c2=O)SC(=S)N1Cc1ccc2c(c1)OCO2. The summed E-state index contributed by atoms with van der Waals surface area (Å²) >= 11 is 6.82. The van der Waals surface area contributed by atoms with Crippen LogP contribution in [0.4, 0.5) is 5.82 Å². The summed E-state index contributed by atoms with van der Waals surface area (Å²) in [6.45, 7) is 2.07. The van der Waals surface area contributed by atoms with Crippen LogP contribution in [0.25, 0.3) is 11.7 Å². The Hall–Kier alpha value is -4.15. The second-order valence-electron chi connectivity index (χ2n) is 10.7. The molecular weight excluding hydrogens is 569 g/mol. The van der Waals surface area contributed by atoms with Crippen molar-refractivity contribution in [2.24, 2.45) is 5.92 Å². The molecule has 0 saturated carbocycles. The number of amides is 1. The molecule has 0 unspecified atom stereocenters. The molecule has 0 aliphatic carbocycles. The van der Waals surface area contributed by atoms with Crippen molar-refractivity contribution in [2.75, 3.05) is 24.8 Å². The van der Waals surface area contributed by atoms with E-state index in [1.807, 2.05) is 36.4 Å². The lowest BCUT2D eigenvalue weighted by molar-refractivity contribution is -0.122. The predicted molar refractivity (Wildman–Crippen MR) is 168 cm³/mol. The minimum atomic E-state index is -0.229. The van der Waals surface area contributed by atoms with Gasteiger partial charge in [0.1, 0.15) is 15.8 Å². The number of hydrogen-bond acceptors (Lipinski definition) is 8. The quantitative estimate of drug-likeness (QED) is 0.220. The molecule has 42 heavy (non-hydrogen) atoms. The first-order valence-corrected chi connectivity index (χ1v) is 15.2. The highest BCUT2D eigenvalue weighted by Gasteiger charge is 2.34. The number of carbonyl (C=O) groups is 1. The van der Waals surface area contributed by atoms with Gasteiger partial charge < -0.3 is 14.4 Å². The lowest BCUT2D eigenvalue weighted by Gasteiger charge is -2.33. The van der Waals surface area contributed by atoms with Crippen molar-refractivity contribution in [1.82, 2.24) is 14.3 Å². The minimum absolute atomic E-state index is 0.185. The first-order chi connectivity index (χ1) is 20.5. The van der Waals surface area contributed by atoms with Crippen LogP contribution in [0.2, 0.25) is 0 Å². The summed E-state index contributed by atoms with van der Waals surface area (Å²) in [5.41, 5.74) is 3.01. The van der Waals surface area contributed by atoms with E-state index in [-0.39, 0.29) is 18.3 Å². The highest BCUT2D eigenvalue weighted by Crippen LogP contribution is 2.37. The molecule has 2 saturated heterocycles. The van der Waals surface area contributed by atoms with Gasteiger partial charge in [-0.05, 0) is 66.6 Å². The average molecular weight is 597 g/mol. The topological polar surface area (TPSA) is 76.4 Å². The number of rotatable bonds is 6. The highest BCUT2D eigenvalue weighted by molar-refractivity contribution is 8.26. The molecule has 2 aromatic carbocycles. The number of fused-ring (bicyclic) bond motifs is 2. The second-order valence-corrected chi connectivity index (χ2v) is 12.3. The number of hydrogen-bond donors (Lipinski definition) is 0. The van der Waals surface area contributed by atoms with E-state index in [1.165, 1.54) is 21.7 Å². The second kappa shape index (κ2) is 11.3. The number of piperidine rings is 1. The van der Waals surface area contributed by atoms with Crippen LogP contribution >= 0.6 is 24.0 Å². The molecule has 0 atom stereocenters. The maximum atomic E-state index is 13.8. The molecule has 1 amide bonds. The van der Waals surface area contributed by atoms with Gasteiger partial charge in [0.2, 0.25) is 6.79 Å². The summed E-state index contributed by atoms with van der Waals surface area (Å²) in [6, 6.07) is 21.7. The van der Waals surface area contributed by atoms with Crippen LogP contribution in [0.3, 0.4) is 0 Å². The van der Waals surface area contributed by atoms with Gasteiger partial charge in [0.05, 0.1) is 17.0 Å². The minimum Gasteiger partial charge on any atom is -0.454 e. The standard InChI is InChI=1S/C32H28N4O4S2/c37-30-24(18-27-31(38)36(32(41)42-27)19-23-9-10-25-26(17-23)40-20-39-25)29(33-28-8-4-5-13-35(28)30)34-14-11-22(12-15-34)16-21-6-2-1-3-7-21/h1-10,13,17-18,22H,11-12,14-16,19-20H2/b27-18-. The van der Waals surface area contributed by atoms with Crippen molar-refractivity contribution >= 4 is 51.7 Å². The van der Waals surface area contributed by atoms with Crippen molar-refractivity contribution in [1.29, 1.82) is 0 Å². The van der Waals surface area contributed by atoms with Crippen LogP contribution in [0.5, 0.6) is 11.5 Å². The van der Waals surface area contributed by atoms with Gasteiger partial charge in [-0.15, -0.1) is 0 Å². The van der Waals surface area contributed by atoms with Crippen LogP contribution < -0.4 is 19.9 Å². The van der Waals surface area contributed by atoms with Gasteiger partial charge in [-0.3, -0.25) is 18.9 Å². The van der Waals surface area contributed by atoms with E-state index < -0.39 is 0 Å². The molecule has 2 aromatic heterocycles. The van der Waals surface area contributed by atoms with E-state index in [2.05, 4.69) is 29.2 Å². The lowest BCUT2D eigenvalue weighted by atomic mass is 9.90. The van der Waals surface area contributed by atoms with Crippen LogP contribution in [-0.2, 0) is 17.8 Å². The van der Waals surface area contributed by atoms with Crippen LogP contribution in [0, 0.1) is 5.92 Å². The van der Waals surface area contributed by atoms with Gasteiger partial charge in [0.25, 0.3) is 11.5 Å². The first kappa shape index (κ1) is 26.7. The number of benzene rings is 2. The molecule has 0 bridgehead atoms. The molecule has 8 nitrogen and oxygen atoms in total. The molecule has 4 aromatic rings. The van der Waals surface area contributed by atoms with Gasteiger partial charge in [-0.2, -0.15) is 0 Å². The smallest absolute Gasteiger partial charge is 0.267 e. The zero-order valence-electron chi connectivity index (χ0n) is 22.8. The molecule has 3 aliphatic rings. The third-order valence-electron chi connectivity index (χ3n) is 7.96. The highest BCUT2D eigenvalue weighted by atomic mass is 32.2. The van der Waals surface area contributed by atoms with E-state index >= 15 is 0 Å². The van der Waals surface area contributed by atoms with Gasteiger partial charge >= 0.3 is 0 Å². The molecule has 7 rings (SSSR count). The summed E-state index contributed by atoms with van der Waals surface area (Å²) < 4.78 is 12.9. The number of nitrogens with zero attached hydrogens (tertiary/aromatic N) is 4. The number of ether oxygens (including phenoxy) is 2. The molecule has 2 fully saturated rings. The molecule has 0 N–H and O–H groups in total. The van der Waals surface area contributed by atoms with Gasteiger partial charge in [0.15, 0.2) is 11.5 Å². The molecule has 5 heterocycles. The Morgan fingerprint density at radius 1 is 0.952 bits per heavy atom. The van der Waals surface area contributed by atoms with E-state index in [1.54, 1.807) is 23.2 Å². The molecule has 0 radical (unpaired) electrons. The Morgan fingerprint density at radius 3 is 2.57 bits per heavy atom. The molecule has 3 aliphatic heterocycles. The van der Waals surface area contributed by atoms with E-state index in [9.17, 15) is 9.59 Å². The predicted octanol–water partition coefficient (Wildman–Crippen LogP) is 5.28. The van der Waals surface area contributed by atoms with Crippen molar-refractivity contribution in [3.8, 4) is 11.5 Å². The van der Waals surface area contributed by atoms with E-state index in [0.717, 1.165) is 37.9 Å². The van der Waals surface area contributed by atoms with Crippen LogP contribution in [0.1, 0.15) is 29.5 Å². The summed E-state index contributed by atoms with van der Waals surface area (Å²) in [5.74, 6) is 2.30. The Balaban J connectivity index is 1.17. The Morgan fingerprint density at radius 2 is 1.74 bits per heavy atom. The fourth-order valence-electron chi connectivity index (χ4n) is 5.74. The zero-order chi connectivity index (χ0) is 28.6. The maximum absolute atomic E-state index is 13.8. The van der Waals surface area contributed by atoms with Crippen LogP contribution in [-0.4, -0.2) is 44.4 Å². The summed E-state index contributed by atoms with van der Waals surface area (Å²) in [5, 5.41) is 0. The van der Waals surface area contributed by atoms with Gasteiger partial charge in [-0.25, -0.2) is 4.98 Å². The Bertz CT molecular complexity index is 1780. The van der Waals surface area contributed by atoms with Crippen molar-refractivity contribution < 1.29 is 14.3 Å². The monoisotopic (exact) mass is 596 g/mol. The normalized spacial score (nSPS) is 18.0. The molecule has 212 valence electrons. The fraction of sp³-hybridized carbons (Fsp3) is 0.250.